The summed E-state index contributed by atoms with van der Waals surface area (Å²) in [6, 6.07) is 12.6. The van der Waals surface area contributed by atoms with E-state index in [2.05, 4.69) is 10.4 Å². The van der Waals surface area contributed by atoms with Crippen molar-refractivity contribution in [3.8, 4) is 11.4 Å². The molecule has 0 unspecified atom stereocenters. The molecule has 202 valence electrons. The van der Waals surface area contributed by atoms with Gasteiger partial charge in [0.25, 0.3) is 5.91 Å². The van der Waals surface area contributed by atoms with E-state index in [1.54, 1.807) is 50.4 Å². The summed E-state index contributed by atoms with van der Waals surface area (Å²) in [5.74, 6) is -0.315. The molecular weight excluding hydrogens is 503 g/mol. The molecule has 2 heterocycles. The van der Waals surface area contributed by atoms with E-state index < -0.39 is 17.8 Å². The third-order valence-electron chi connectivity index (χ3n) is 6.40. The van der Waals surface area contributed by atoms with Crippen LogP contribution in [0.2, 0.25) is 0 Å². The molecule has 38 heavy (non-hydrogen) atoms. The quantitative estimate of drug-likeness (QED) is 0.464. The summed E-state index contributed by atoms with van der Waals surface area (Å²) in [7, 11) is 3.08. The molecular formula is C26H28F3N5O4. The van der Waals surface area contributed by atoms with Crippen molar-refractivity contribution in [2.24, 2.45) is 0 Å². The Kier molecular flexibility index (Phi) is 7.74. The summed E-state index contributed by atoms with van der Waals surface area (Å²) in [5.41, 5.74) is -0.00287. The number of hydrogen-bond acceptors (Lipinski definition) is 6. The minimum absolute atomic E-state index is 0.0269. The largest absolute Gasteiger partial charge is 0.497 e. The van der Waals surface area contributed by atoms with Gasteiger partial charge in [0.2, 0.25) is 5.91 Å². The zero-order valence-corrected chi connectivity index (χ0v) is 21.1. The van der Waals surface area contributed by atoms with Gasteiger partial charge in [0.15, 0.2) is 5.69 Å². The van der Waals surface area contributed by atoms with Gasteiger partial charge in [-0.2, -0.15) is 18.3 Å². The zero-order chi connectivity index (χ0) is 27.6. The Morgan fingerprint density at radius 3 is 2.37 bits per heavy atom. The lowest BCUT2D eigenvalue weighted by atomic mass is 10.0. The van der Waals surface area contributed by atoms with E-state index in [1.165, 1.54) is 29.0 Å². The van der Waals surface area contributed by atoms with Gasteiger partial charge in [0.1, 0.15) is 11.4 Å². The summed E-state index contributed by atoms with van der Waals surface area (Å²) in [6.07, 6.45) is -4.74. The van der Waals surface area contributed by atoms with E-state index in [0.29, 0.717) is 22.8 Å². The predicted octanol–water partition coefficient (Wildman–Crippen LogP) is 3.04. The highest BCUT2D eigenvalue weighted by atomic mass is 19.4. The Morgan fingerprint density at radius 2 is 1.79 bits per heavy atom. The fraction of sp³-hybridized carbons (Fsp3) is 0.346. The molecule has 1 aromatic heterocycles. The number of alkyl halides is 3. The van der Waals surface area contributed by atoms with Crippen LogP contribution in [-0.2, 0) is 17.4 Å². The zero-order valence-electron chi connectivity index (χ0n) is 21.1. The molecule has 3 aromatic rings. The van der Waals surface area contributed by atoms with Crippen LogP contribution in [0.25, 0.3) is 5.69 Å². The van der Waals surface area contributed by atoms with Crippen LogP contribution >= 0.6 is 0 Å². The highest BCUT2D eigenvalue weighted by Gasteiger charge is 2.43. The first-order valence-electron chi connectivity index (χ1n) is 11.9. The number of hydrogen-bond donors (Lipinski definition) is 2. The maximum Gasteiger partial charge on any atom is 0.435 e. The molecule has 0 saturated carbocycles. The summed E-state index contributed by atoms with van der Waals surface area (Å²) in [4.78, 5) is 28.8. The average Bonchev–Trinajstić information content (AvgIpc) is 3.33. The monoisotopic (exact) mass is 531 g/mol. The van der Waals surface area contributed by atoms with Crippen molar-refractivity contribution in [3.05, 3.63) is 65.5 Å². The topological polar surface area (TPSA) is 99.9 Å². The van der Waals surface area contributed by atoms with Gasteiger partial charge >= 0.3 is 6.18 Å². The number of aliphatic hydroxyl groups excluding tert-OH is 1. The van der Waals surface area contributed by atoms with E-state index >= 15 is 0 Å². The number of fused-ring (bicyclic) bond motifs is 1. The number of nitrogens with zero attached hydrogens (tertiary/aromatic N) is 4. The molecule has 0 spiro atoms. The van der Waals surface area contributed by atoms with Crippen molar-refractivity contribution in [2.45, 2.75) is 25.6 Å². The third kappa shape index (κ3) is 5.36. The van der Waals surface area contributed by atoms with Crippen molar-refractivity contribution in [3.63, 3.8) is 0 Å². The number of halogens is 3. The Balaban J connectivity index is 1.62. The molecule has 4 rings (SSSR count). The Bertz CT molecular complexity index is 1310. The molecule has 2 aromatic carbocycles. The van der Waals surface area contributed by atoms with Crippen LogP contribution in [0.1, 0.15) is 28.7 Å². The van der Waals surface area contributed by atoms with E-state index in [1.807, 2.05) is 0 Å². The molecule has 0 saturated heterocycles. The minimum Gasteiger partial charge on any atom is -0.497 e. The van der Waals surface area contributed by atoms with Crippen LogP contribution in [0.5, 0.6) is 5.75 Å². The molecule has 0 aliphatic carbocycles. The van der Waals surface area contributed by atoms with Crippen molar-refractivity contribution in [1.29, 1.82) is 0 Å². The van der Waals surface area contributed by atoms with Crippen LogP contribution in [0.3, 0.4) is 0 Å². The van der Waals surface area contributed by atoms with E-state index in [-0.39, 0.29) is 49.3 Å². The molecule has 9 nitrogen and oxygen atoms in total. The molecule has 1 atom stereocenters. The lowest BCUT2D eigenvalue weighted by molar-refractivity contribution is -0.142. The number of carbonyl (C=O) groups is 2. The van der Waals surface area contributed by atoms with Crippen molar-refractivity contribution < 1.29 is 32.6 Å². The number of anilines is 2. The van der Waals surface area contributed by atoms with Crippen molar-refractivity contribution >= 4 is 23.2 Å². The number of methoxy groups -OCH3 is 1. The van der Waals surface area contributed by atoms with E-state index in [9.17, 15) is 22.8 Å². The number of nitrogens with one attached hydrogen (secondary N) is 1. The summed E-state index contributed by atoms with van der Waals surface area (Å²) >= 11 is 0. The second-order valence-corrected chi connectivity index (χ2v) is 8.92. The van der Waals surface area contributed by atoms with Gasteiger partial charge in [-0.15, -0.1) is 0 Å². The van der Waals surface area contributed by atoms with Crippen LogP contribution in [0.15, 0.2) is 48.5 Å². The lowest BCUT2D eigenvalue weighted by Gasteiger charge is -2.28. The van der Waals surface area contributed by atoms with Crippen LogP contribution in [0.4, 0.5) is 24.5 Å². The number of rotatable bonds is 8. The maximum atomic E-state index is 13.8. The third-order valence-corrected chi connectivity index (χ3v) is 6.40. The highest BCUT2D eigenvalue weighted by molar-refractivity contribution is 6.07. The lowest BCUT2D eigenvalue weighted by Crippen LogP contribution is -2.40. The van der Waals surface area contributed by atoms with Gasteiger partial charge in [-0.1, -0.05) is 0 Å². The Labute approximate surface area is 217 Å². The number of amides is 2. The van der Waals surface area contributed by atoms with Crippen LogP contribution in [-0.4, -0.2) is 66.6 Å². The number of ether oxygens (including phenoxy) is 1. The first-order valence-corrected chi connectivity index (χ1v) is 11.9. The Morgan fingerprint density at radius 1 is 1.16 bits per heavy atom. The van der Waals surface area contributed by atoms with Crippen LogP contribution in [0, 0.1) is 0 Å². The van der Waals surface area contributed by atoms with Gasteiger partial charge in [-0.3, -0.25) is 9.59 Å². The number of likely N-dealkylation sites (N-methyl/N-ethyl adjacent to an activating group) is 1. The van der Waals surface area contributed by atoms with Gasteiger partial charge in [0.05, 0.1) is 25.9 Å². The van der Waals surface area contributed by atoms with Crippen molar-refractivity contribution in [1.82, 2.24) is 15.1 Å². The molecule has 1 aliphatic rings. The smallest absolute Gasteiger partial charge is 0.435 e. The summed E-state index contributed by atoms with van der Waals surface area (Å²) < 4.78 is 47.6. The predicted molar refractivity (Wildman–Crippen MR) is 135 cm³/mol. The number of carbonyl (C=O) groups excluding carboxylic acids is 2. The molecule has 0 fully saturated rings. The maximum absolute atomic E-state index is 13.8. The fourth-order valence-electron chi connectivity index (χ4n) is 4.19. The second kappa shape index (κ2) is 10.8. The van der Waals surface area contributed by atoms with Crippen LogP contribution < -0.4 is 19.9 Å². The van der Waals surface area contributed by atoms with E-state index in [0.717, 1.165) is 4.68 Å². The molecule has 0 radical (unpaired) electrons. The Hall–Kier alpha value is -3.90. The number of aromatic nitrogens is 2. The molecule has 12 heteroatoms. The number of aliphatic hydroxyl groups is 1. The van der Waals surface area contributed by atoms with Crippen molar-refractivity contribution in [2.75, 3.05) is 43.7 Å². The first kappa shape index (κ1) is 27.1. The highest BCUT2D eigenvalue weighted by Crippen LogP contribution is 2.37. The van der Waals surface area contributed by atoms with Gasteiger partial charge in [-0.25, -0.2) is 4.68 Å². The molecule has 0 bridgehead atoms. The second-order valence-electron chi connectivity index (χ2n) is 8.92. The minimum atomic E-state index is -4.72. The van der Waals surface area contributed by atoms with Gasteiger partial charge in [-0.05, 0) is 61.9 Å². The number of benzene rings is 2. The SMILES string of the molecule is COc1ccc(-n2nc(C(F)(F)F)c3c2C(=O)N(c2ccc(N(C)C(=O)CN[C@H](C)CO)cc2)CC3)cc1. The van der Waals surface area contributed by atoms with Gasteiger partial charge < -0.3 is 25.0 Å². The molecule has 1 aliphatic heterocycles. The normalized spacial score (nSPS) is 14.3. The average molecular weight is 532 g/mol. The summed E-state index contributed by atoms with van der Waals surface area (Å²) in [6.45, 7) is 1.73. The van der Waals surface area contributed by atoms with E-state index in [4.69, 9.17) is 9.84 Å². The molecule has 2 amide bonds. The standard InChI is InChI=1S/C26H28F3N5O4/c1-16(15-35)30-14-22(36)32(2)17-4-6-18(7-5-17)33-13-12-21-23(25(33)37)34(31-24(21)26(27,28)29)19-8-10-20(38-3)11-9-19/h4-11,16,30,35H,12-15H2,1-3H3/t16-/m1/s1. The molecule has 2 N–H and O–H groups in total. The summed E-state index contributed by atoms with van der Waals surface area (Å²) in [5, 5.41) is 15.8. The first-order chi connectivity index (χ1) is 18.0. The fourth-order valence-corrected chi connectivity index (χ4v) is 4.19. The van der Waals surface area contributed by atoms with Gasteiger partial charge in [0, 0.05) is 36.6 Å².